The molecule has 1 N–H and O–H groups in total. The van der Waals surface area contributed by atoms with Crippen molar-refractivity contribution >= 4 is 5.91 Å². The summed E-state index contributed by atoms with van der Waals surface area (Å²) >= 11 is 0. The minimum atomic E-state index is -0.0187. The van der Waals surface area contributed by atoms with Crippen LogP contribution in [0.1, 0.15) is 35.9 Å². The van der Waals surface area contributed by atoms with Crippen LogP contribution in [-0.4, -0.2) is 40.7 Å². The molecule has 1 aliphatic rings. The molecule has 3 rings (SSSR count). The molecule has 1 aromatic heterocycles. The highest BCUT2D eigenvalue weighted by Crippen LogP contribution is 2.26. The molecular weight excluding hydrogens is 294 g/mol. The number of nitrogens with one attached hydrogen (secondary N) is 1. The maximum Gasteiger partial charge on any atom is 0.274 e. The lowest BCUT2D eigenvalue weighted by atomic mass is 10.2. The van der Waals surface area contributed by atoms with Gasteiger partial charge in [0.2, 0.25) is 0 Å². The Labute approximate surface area is 135 Å². The van der Waals surface area contributed by atoms with E-state index in [4.69, 9.17) is 9.47 Å². The van der Waals surface area contributed by atoms with Gasteiger partial charge in [-0.2, -0.15) is 5.10 Å². The molecule has 1 unspecified atom stereocenters. The summed E-state index contributed by atoms with van der Waals surface area (Å²) in [5, 5.41) is 6.99. The van der Waals surface area contributed by atoms with E-state index in [9.17, 15) is 4.79 Å². The van der Waals surface area contributed by atoms with Crippen LogP contribution in [-0.2, 0) is 6.61 Å². The lowest BCUT2D eigenvalue weighted by Crippen LogP contribution is -2.33. The topological polar surface area (TPSA) is 67.5 Å². The van der Waals surface area contributed by atoms with Gasteiger partial charge >= 0.3 is 0 Å². The zero-order chi connectivity index (χ0) is 16.2. The zero-order valence-corrected chi connectivity index (χ0v) is 13.4. The van der Waals surface area contributed by atoms with Gasteiger partial charge in [0.05, 0.1) is 12.8 Å². The number of hydrogen-bond donors (Lipinski definition) is 1. The number of aromatic nitrogens is 2. The second-order valence-corrected chi connectivity index (χ2v) is 5.71. The van der Waals surface area contributed by atoms with Crippen molar-refractivity contribution in [3.63, 3.8) is 0 Å². The first-order valence-electron chi connectivity index (χ1n) is 7.80. The summed E-state index contributed by atoms with van der Waals surface area (Å²) in [6, 6.07) is 9.49. The third kappa shape index (κ3) is 3.31. The normalized spacial score (nSPS) is 17.3. The number of ether oxygens (including phenoxy) is 2. The minimum Gasteiger partial charge on any atom is -0.493 e. The molecule has 1 aliphatic heterocycles. The molecular formula is C17H21N3O3. The number of carbonyl (C=O) groups excluding carboxylic acids is 1. The van der Waals surface area contributed by atoms with Crippen LogP contribution in [0.5, 0.6) is 11.5 Å². The number of nitrogens with zero attached hydrogens (tertiary/aromatic N) is 2. The van der Waals surface area contributed by atoms with Crippen LogP contribution < -0.4 is 9.47 Å². The van der Waals surface area contributed by atoms with Crippen molar-refractivity contribution in [2.24, 2.45) is 0 Å². The van der Waals surface area contributed by atoms with E-state index in [0.717, 1.165) is 25.1 Å². The van der Waals surface area contributed by atoms with E-state index in [1.54, 1.807) is 13.2 Å². The number of methoxy groups -OCH3 is 1. The van der Waals surface area contributed by atoms with Gasteiger partial charge in [-0.3, -0.25) is 9.89 Å². The molecule has 122 valence electrons. The van der Waals surface area contributed by atoms with Crippen molar-refractivity contribution in [2.75, 3.05) is 13.7 Å². The Hall–Kier alpha value is -2.50. The molecule has 0 radical (unpaired) electrons. The van der Waals surface area contributed by atoms with E-state index in [1.807, 2.05) is 29.2 Å². The van der Waals surface area contributed by atoms with Crippen molar-refractivity contribution in [3.05, 3.63) is 41.7 Å². The smallest absolute Gasteiger partial charge is 0.274 e. The average molecular weight is 315 g/mol. The van der Waals surface area contributed by atoms with Gasteiger partial charge in [0.1, 0.15) is 6.61 Å². The van der Waals surface area contributed by atoms with Gasteiger partial charge in [0.15, 0.2) is 17.2 Å². The quantitative estimate of drug-likeness (QED) is 0.921. The SMILES string of the molecule is COc1ccccc1OCc1cc(C(=O)N2CCCC2C)n[nH]1. The summed E-state index contributed by atoms with van der Waals surface area (Å²) in [6.45, 7) is 3.18. The first-order valence-corrected chi connectivity index (χ1v) is 7.80. The fourth-order valence-corrected chi connectivity index (χ4v) is 2.82. The number of likely N-dealkylation sites (tertiary alicyclic amines) is 1. The fourth-order valence-electron chi connectivity index (χ4n) is 2.82. The maximum atomic E-state index is 12.4. The Morgan fingerprint density at radius 2 is 2.17 bits per heavy atom. The fraction of sp³-hybridized carbons (Fsp3) is 0.412. The van der Waals surface area contributed by atoms with E-state index in [-0.39, 0.29) is 11.9 Å². The zero-order valence-electron chi connectivity index (χ0n) is 13.4. The molecule has 6 nitrogen and oxygen atoms in total. The predicted molar refractivity (Wildman–Crippen MR) is 85.6 cm³/mol. The molecule has 2 aromatic rings. The summed E-state index contributed by atoms with van der Waals surface area (Å²) in [5.41, 5.74) is 1.20. The molecule has 0 bridgehead atoms. The predicted octanol–water partition coefficient (Wildman–Crippen LogP) is 2.62. The second-order valence-electron chi connectivity index (χ2n) is 5.71. The first kappa shape index (κ1) is 15.4. The van der Waals surface area contributed by atoms with Crippen LogP contribution in [0.15, 0.2) is 30.3 Å². The minimum absolute atomic E-state index is 0.0187. The van der Waals surface area contributed by atoms with Crippen molar-refractivity contribution in [1.82, 2.24) is 15.1 Å². The summed E-state index contributed by atoms with van der Waals surface area (Å²) in [4.78, 5) is 14.3. The monoisotopic (exact) mass is 315 g/mol. The highest BCUT2D eigenvalue weighted by Gasteiger charge is 2.27. The molecule has 6 heteroatoms. The maximum absolute atomic E-state index is 12.4. The van der Waals surface area contributed by atoms with Crippen LogP contribution in [0.3, 0.4) is 0 Å². The van der Waals surface area contributed by atoms with Crippen LogP contribution >= 0.6 is 0 Å². The Kier molecular flexibility index (Phi) is 4.50. The summed E-state index contributed by atoms with van der Waals surface area (Å²) in [5.74, 6) is 1.31. The average Bonchev–Trinajstić information content (AvgIpc) is 3.21. The molecule has 1 fully saturated rings. The molecule has 0 saturated carbocycles. The molecule has 23 heavy (non-hydrogen) atoms. The number of benzene rings is 1. The number of aromatic amines is 1. The van der Waals surface area contributed by atoms with Crippen molar-refractivity contribution in [1.29, 1.82) is 0 Å². The number of hydrogen-bond acceptors (Lipinski definition) is 4. The molecule has 1 aromatic carbocycles. The summed E-state index contributed by atoms with van der Waals surface area (Å²) < 4.78 is 11.0. The third-order valence-corrected chi connectivity index (χ3v) is 4.12. The van der Waals surface area contributed by atoms with Gasteiger partial charge in [-0.25, -0.2) is 0 Å². The molecule has 2 heterocycles. The second kappa shape index (κ2) is 6.73. The van der Waals surface area contributed by atoms with Gasteiger partial charge in [-0.15, -0.1) is 0 Å². The van der Waals surface area contributed by atoms with Gasteiger partial charge in [-0.1, -0.05) is 12.1 Å². The van der Waals surface area contributed by atoms with Crippen LogP contribution in [0, 0.1) is 0 Å². The van der Waals surface area contributed by atoms with Crippen LogP contribution in [0.2, 0.25) is 0 Å². The number of amides is 1. The molecule has 0 aliphatic carbocycles. The number of carbonyl (C=O) groups is 1. The highest BCUT2D eigenvalue weighted by molar-refractivity contribution is 5.92. The van der Waals surface area contributed by atoms with Gasteiger partial charge in [0, 0.05) is 12.6 Å². The lowest BCUT2D eigenvalue weighted by molar-refractivity contribution is 0.0741. The van der Waals surface area contributed by atoms with E-state index in [1.165, 1.54) is 0 Å². The van der Waals surface area contributed by atoms with Gasteiger partial charge < -0.3 is 14.4 Å². The van der Waals surface area contributed by atoms with Crippen molar-refractivity contribution in [3.8, 4) is 11.5 Å². The molecule has 1 saturated heterocycles. The van der Waals surface area contributed by atoms with Crippen LogP contribution in [0.25, 0.3) is 0 Å². The highest BCUT2D eigenvalue weighted by atomic mass is 16.5. The number of para-hydroxylation sites is 2. The van der Waals surface area contributed by atoms with Crippen molar-refractivity contribution < 1.29 is 14.3 Å². The Balaban J connectivity index is 1.64. The summed E-state index contributed by atoms with van der Waals surface area (Å²) in [6.07, 6.45) is 2.11. The van der Waals surface area contributed by atoms with E-state index >= 15 is 0 Å². The molecule has 0 spiro atoms. The number of rotatable bonds is 5. The van der Waals surface area contributed by atoms with Gasteiger partial charge in [0.25, 0.3) is 5.91 Å². The standard InChI is InChI=1S/C17H21N3O3/c1-12-6-5-9-20(12)17(21)14-10-13(18-19-14)11-23-16-8-4-3-7-15(16)22-2/h3-4,7-8,10,12H,5-6,9,11H2,1-2H3,(H,18,19). The molecule has 1 atom stereocenters. The molecule has 1 amide bonds. The Morgan fingerprint density at radius 1 is 1.39 bits per heavy atom. The Bertz CT molecular complexity index is 683. The largest absolute Gasteiger partial charge is 0.493 e. The third-order valence-electron chi connectivity index (χ3n) is 4.12. The van der Waals surface area contributed by atoms with Crippen molar-refractivity contribution in [2.45, 2.75) is 32.4 Å². The van der Waals surface area contributed by atoms with Crippen LogP contribution in [0.4, 0.5) is 0 Å². The van der Waals surface area contributed by atoms with E-state index in [2.05, 4.69) is 17.1 Å². The lowest BCUT2D eigenvalue weighted by Gasteiger charge is -2.19. The van der Waals surface area contributed by atoms with E-state index in [0.29, 0.717) is 23.8 Å². The Morgan fingerprint density at radius 3 is 2.87 bits per heavy atom. The summed E-state index contributed by atoms with van der Waals surface area (Å²) in [7, 11) is 1.60. The first-order chi connectivity index (χ1) is 11.2. The number of H-pyrrole nitrogens is 1. The van der Waals surface area contributed by atoms with Gasteiger partial charge in [-0.05, 0) is 38.0 Å². The van der Waals surface area contributed by atoms with E-state index < -0.39 is 0 Å².